The van der Waals surface area contributed by atoms with Gasteiger partial charge in [-0.1, -0.05) is 36.8 Å². The van der Waals surface area contributed by atoms with Gasteiger partial charge in [-0.3, -0.25) is 10.2 Å². The van der Waals surface area contributed by atoms with Gasteiger partial charge in [0, 0.05) is 13.1 Å². The molecule has 182 valence electrons. The third-order valence-electron chi connectivity index (χ3n) is 7.01. The van der Waals surface area contributed by atoms with Crippen molar-refractivity contribution < 1.29 is 23.1 Å². The van der Waals surface area contributed by atoms with Crippen molar-refractivity contribution in [3.63, 3.8) is 0 Å². The van der Waals surface area contributed by atoms with E-state index in [9.17, 15) is 18.4 Å². The zero-order valence-corrected chi connectivity index (χ0v) is 19.0. The Morgan fingerprint density at radius 3 is 2.39 bits per heavy atom. The summed E-state index contributed by atoms with van der Waals surface area (Å²) in [6.45, 7) is 4.47. The number of alkyl carbamates (subject to hydrolysis) is 1. The molecule has 0 aliphatic carbocycles. The summed E-state index contributed by atoms with van der Waals surface area (Å²) in [5.41, 5.74) is 2.11. The monoisotopic (exact) mass is 465 g/mol. The van der Waals surface area contributed by atoms with E-state index in [1.54, 1.807) is 31.2 Å². The Balaban J connectivity index is 1.40. The minimum atomic E-state index is -1.53. The van der Waals surface area contributed by atoms with E-state index in [1.807, 2.05) is 6.07 Å². The lowest BCUT2D eigenvalue weighted by Crippen LogP contribution is -2.64. The standard InChI is InChI=1S/C23H33F2N5O3/c1-23(17-8-4-2-5-9-17,18-14-26-22(32)33-18)21(31)27-29-15-19(24)30(20(25)16-29)13-12-28-10-6-3-7-11-28/h2,4-5,8-9,18-20H,3,6-7,10-16H2,1H3,(H,26,32)(H,27,31). The van der Waals surface area contributed by atoms with Crippen LogP contribution in [0.15, 0.2) is 30.3 Å². The summed E-state index contributed by atoms with van der Waals surface area (Å²) in [5.74, 6) is -0.476. The molecule has 10 heteroatoms. The molecule has 3 aliphatic heterocycles. The zero-order valence-electron chi connectivity index (χ0n) is 19.0. The van der Waals surface area contributed by atoms with Gasteiger partial charge in [-0.25, -0.2) is 23.5 Å². The maximum Gasteiger partial charge on any atom is 0.407 e. The lowest BCUT2D eigenvalue weighted by atomic mass is 9.76. The lowest BCUT2D eigenvalue weighted by molar-refractivity contribution is -0.144. The molecule has 0 radical (unpaired) electrons. The van der Waals surface area contributed by atoms with Crippen molar-refractivity contribution in [1.29, 1.82) is 0 Å². The topological polar surface area (TPSA) is 77.2 Å². The molecule has 0 saturated carbocycles. The maximum absolute atomic E-state index is 14.9. The van der Waals surface area contributed by atoms with E-state index in [-0.39, 0.29) is 19.6 Å². The Morgan fingerprint density at radius 2 is 1.79 bits per heavy atom. The van der Waals surface area contributed by atoms with E-state index in [4.69, 9.17) is 4.74 Å². The quantitative estimate of drug-likeness (QED) is 0.598. The number of cyclic esters (lactones) is 1. The van der Waals surface area contributed by atoms with Gasteiger partial charge in [0.1, 0.15) is 11.5 Å². The molecular weight excluding hydrogens is 432 g/mol. The number of rotatable bonds is 7. The third-order valence-corrected chi connectivity index (χ3v) is 7.01. The predicted octanol–water partition coefficient (Wildman–Crippen LogP) is 1.78. The number of amides is 2. The molecule has 4 unspecified atom stereocenters. The lowest BCUT2D eigenvalue weighted by Gasteiger charge is -2.42. The first kappa shape index (κ1) is 23.8. The van der Waals surface area contributed by atoms with Crippen LogP contribution in [0.3, 0.4) is 0 Å². The fourth-order valence-electron chi connectivity index (χ4n) is 4.85. The first-order valence-electron chi connectivity index (χ1n) is 11.7. The normalized spacial score (nSPS) is 29.2. The molecule has 3 heterocycles. The van der Waals surface area contributed by atoms with Gasteiger partial charge < -0.3 is 15.0 Å². The van der Waals surface area contributed by atoms with Crippen molar-refractivity contribution >= 4 is 12.0 Å². The van der Waals surface area contributed by atoms with Crippen LogP contribution in [-0.2, 0) is 14.9 Å². The van der Waals surface area contributed by atoms with E-state index >= 15 is 0 Å². The van der Waals surface area contributed by atoms with Crippen molar-refractivity contribution in [3.8, 4) is 0 Å². The molecule has 0 spiro atoms. The molecule has 2 amide bonds. The summed E-state index contributed by atoms with van der Waals surface area (Å²) in [5, 5.41) is 3.87. The number of nitrogens with zero attached hydrogens (tertiary/aromatic N) is 3. The molecule has 3 fully saturated rings. The van der Waals surface area contributed by atoms with Crippen LogP contribution in [-0.4, -0.2) is 91.3 Å². The van der Waals surface area contributed by atoms with Gasteiger partial charge in [0.25, 0.3) is 0 Å². The number of ether oxygens (including phenoxy) is 1. The number of likely N-dealkylation sites (tertiary alicyclic amines) is 1. The summed E-state index contributed by atoms with van der Waals surface area (Å²) < 4.78 is 35.2. The summed E-state index contributed by atoms with van der Waals surface area (Å²) in [6.07, 6.45) is -0.941. The summed E-state index contributed by atoms with van der Waals surface area (Å²) in [6, 6.07) is 8.97. The Hall–Kier alpha value is -2.30. The second-order valence-corrected chi connectivity index (χ2v) is 9.20. The van der Waals surface area contributed by atoms with Gasteiger partial charge in [-0.05, 0) is 38.4 Å². The average molecular weight is 466 g/mol. The van der Waals surface area contributed by atoms with E-state index in [2.05, 4.69) is 15.6 Å². The number of halogens is 2. The molecule has 3 saturated heterocycles. The average Bonchev–Trinajstić information content (AvgIpc) is 3.26. The van der Waals surface area contributed by atoms with Crippen LogP contribution in [0.2, 0.25) is 0 Å². The van der Waals surface area contributed by atoms with Crippen LogP contribution in [0, 0.1) is 0 Å². The minimum Gasteiger partial charge on any atom is -0.443 e. The van der Waals surface area contributed by atoms with Gasteiger partial charge in [0.2, 0.25) is 5.91 Å². The Labute approximate surface area is 193 Å². The van der Waals surface area contributed by atoms with Gasteiger partial charge in [-0.15, -0.1) is 0 Å². The highest BCUT2D eigenvalue weighted by atomic mass is 19.2. The second-order valence-electron chi connectivity index (χ2n) is 9.20. The second kappa shape index (κ2) is 10.3. The molecule has 1 aromatic carbocycles. The number of carbonyl (C=O) groups excluding carboxylic acids is 2. The van der Waals surface area contributed by atoms with Crippen LogP contribution < -0.4 is 10.7 Å². The van der Waals surface area contributed by atoms with Crippen LogP contribution in [0.5, 0.6) is 0 Å². The van der Waals surface area contributed by atoms with Crippen molar-refractivity contribution in [2.75, 3.05) is 45.8 Å². The van der Waals surface area contributed by atoms with Crippen LogP contribution >= 0.6 is 0 Å². The predicted molar refractivity (Wildman–Crippen MR) is 119 cm³/mol. The Bertz CT molecular complexity index is 814. The molecule has 2 N–H and O–H groups in total. The van der Waals surface area contributed by atoms with Crippen LogP contribution in [0.1, 0.15) is 31.7 Å². The number of alkyl halides is 2. The van der Waals surface area contributed by atoms with E-state index in [0.29, 0.717) is 18.7 Å². The molecule has 4 atom stereocenters. The molecular formula is C23H33F2N5O3. The SMILES string of the molecule is CC(C(=O)NN1CC(F)N(CCN2CCCCC2)C(F)C1)(c1ccccc1)C1CNC(=O)O1. The number of benzene rings is 1. The van der Waals surface area contributed by atoms with Gasteiger partial charge in [-0.2, -0.15) is 0 Å². The van der Waals surface area contributed by atoms with Crippen LogP contribution in [0.25, 0.3) is 0 Å². The molecule has 4 rings (SSSR count). The summed E-state index contributed by atoms with van der Waals surface area (Å²) >= 11 is 0. The number of hydrogen-bond acceptors (Lipinski definition) is 6. The highest BCUT2D eigenvalue weighted by molar-refractivity contribution is 5.89. The molecule has 1 aromatic rings. The van der Waals surface area contributed by atoms with Gasteiger partial charge in [0.15, 0.2) is 12.6 Å². The molecule has 0 aromatic heterocycles. The molecule has 3 aliphatic rings. The highest BCUT2D eigenvalue weighted by Gasteiger charge is 2.49. The van der Waals surface area contributed by atoms with Gasteiger partial charge in [0.05, 0.1) is 19.6 Å². The third kappa shape index (κ3) is 5.28. The Kier molecular flexibility index (Phi) is 7.45. The minimum absolute atomic E-state index is 0.139. The van der Waals surface area contributed by atoms with E-state index < -0.39 is 36.1 Å². The van der Waals surface area contributed by atoms with Crippen molar-refractivity contribution in [3.05, 3.63) is 35.9 Å². The molecule has 8 nitrogen and oxygen atoms in total. The first-order chi connectivity index (χ1) is 15.9. The maximum atomic E-state index is 14.9. The Morgan fingerprint density at radius 1 is 1.12 bits per heavy atom. The fourth-order valence-corrected chi connectivity index (χ4v) is 4.85. The highest BCUT2D eigenvalue weighted by Crippen LogP contribution is 2.32. The first-order valence-corrected chi connectivity index (χ1v) is 11.7. The summed E-state index contributed by atoms with van der Waals surface area (Å²) in [7, 11) is 0. The van der Waals surface area contributed by atoms with Crippen molar-refractivity contribution in [2.24, 2.45) is 0 Å². The number of piperidine rings is 1. The summed E-state index contributed by atoms with van der Waals surface area (Å²) in [4.78, 5) is 28.6. The van der Waals surface area contributed by atoms with E-state index in [1.165, 1.54) is 16.3 Å². The van der Waals surface area contributed by atoms with E-state index in [0.717, 1.165) is 25.9 Å². The fraction of sp³-hybridized carbons (Fsp3) is 0.652. The number of nitrogens with one attached hydrogen (secondary N) is 2. The van der Waals surface area contributed by atoms with Crippen molar-refractivity contribution in [2.45, 2.75) is 50.3 Å². The number of carbonyl (C=O) groups is 2. The number of hydrazine groups is 1. The number of piperazine rings is 1. The molecule has 0 bridgehead atoms. The molecule has 33 heavy (non-hydrogen) atoms. The smallest absolute Gasteiger partial charge is 0.407 e. The van der Waals surface area contributed by atoms with Crippen LogP contribution in [0.4, 0.5) is 13.6 Å². The number of hydrogen-bond donors (Lipinski definition) is 2. The largest absolute Gasteiger partial charge is 0.443 e. The zero-order chi connectivity index (χ0) is 23.4. The van der Waals surface area contributed by atoms with Crippen molar-refractivity contribution in [1.82, 2.24) is 25.6 Å². The van der Waals surface area contributed by atoms with Gasteiger partial charge >= 0.3 is 6.09 Å².